The molecule has 2 aliphatic rings. The van der Waals surface area contributed by atoms with E-state index in [2.05, 4.69) is 67.5 Å². The van der Waals surface area contributed by atoms with Crippen LogP contribution >= 0.6 is 11.7 Å². The van der Waals surface area contributed by atoms with Crippen molar-refractivity contribution >= 4 is 17.8 Å². The fourth-order valence-electron chi connectivity index (χ4n) is 4.38. The molecule has 31 heavy (non-hydrogen) atoms. The monoisotopic (exact) mass is 430 g/mol. The zero-order valence-corrected chi connectivity index (χ0v) is 17.5. The van der Waals surface area contributed by atoms with Crippen molar-refractivity contribution in [3.05, 3.63) is 77.0 Å². The standard InChI is InChI=1S/C23H18N4O3S/c1-28-22-21(26-31-27-22)20-16-9-10-23(12-17(16)24-25-20,14-5-3-2-4-6-14)15-7-8-18-19(11-15)30-13-29-18/h2-11H,12-13H2,1H3,(H,24,25). The van der Waals surface area contributed by atoms with Crippen LogP contribution in [0.25, 0.3) is 17.5 Å². The first kappa shape index (κ1) is 18.1. The highest BCUT2D eigenvalue weighted by atomic mass is 32.1. The highest BCUT2D eigenvalue weighted by Crippen LogP contribution is 2.46. The Morgan fingerprint density at radius 2 is 1.87 bits per heavy atom. The molecule has 0 radical (unpaired) electrons. The van der Waals surface area contributed by atoms with E-state index in [9.17, 15) is 0 Å². The maximum atomic E-state index is 5.66. The second kappa shape index (κ2) is 6.95. The number of ether oxygens (including phenoxy) is 3. The van der Waals surface area contributed by atoms with Gasteiger partial charge in [0.25, 0.3) is 5.88 Å². The number of benzene rings is 2. The number of aromatic amines is 1. The summed E-state index contributed by atoms with van der Waals surface area (Å²) in [5.41, 5.74) is 5.42. The number of aromatic nitrogens is 4. The van der Waals surface area contributed by atoms with Crippen LogP contribution in [-0.4, -0.2) is 32.8 Å². The van der Waals surface area contributed by atoms with Gasteiger partial charge in [-0.25, -0.2) is 0 Å². The molecule has 2 aromatic carbocycles. The topological polar surface area (TPSA) is 82.2 Å². The highest BCUT2D eigenvalue weighted by molar-refractivity contribution is 6.99. The largest absolute Gasteiger partial charge is 0.479 e. The summed E-state index contributed by atoms with van der Waals surface area (Å²) in [6.07, 6.45) is 5.08. The van der Waals surface area contributed by atoms with Crippen LogP contribution in [0.2, 0.25) is 0 Å². The molecule has 0 bridgehead atoms. The predicted octanol–water partition coefficient (Wildman–Crippen LogP) is 4.22. The molecule has 1 aliphatic carbocycles. The second-order valence-electron chi connectivity index (χ2n) is 7.50. The van der Waals surface area contributed by atoms with Gasteiger partial charge in [-0.3, -0.25) is 5.10 Å². The van der Waals surface area contributed by atoms with Crippen LogP contribution in [0.4, 0.5) is 0 Å². The molecule has 1 N–H and O–H groups in total. The van der Waals surface area contributed by atoms with Gasteiger partial charge in [-0.1, -0.05) is 48.6 Å². The minimum atomic E-state index is -0.372. The van der Waals surface area contributed by atoms with Gasteiger partial charge in [0.05, 0.1) is 18.8 Å². The van der Waals surface area contributed by atoms with Gasteiger partial charge in [-0.15, -0.1) is 4.37 Å². The summed E-state index contributed by atoms with van der Waals surface area (Å²) in [7, 11) is 1.59. The van der Waals surface area contributed by atoms with E-state index in [4.69, 9.17) is 14.2 Å². The summed E-state index contributed by atoms with van der Waals surface area (Å²) in [5.74, 6) is 2.04. The maximum absolute atomic E-state index is 5.66. The van der Waals surface area contributed by atoms with E-state index < -0.39 is 0 Å². The van der Waals surface area contributed by atoms with E-state index in [0.29, 0.717) is 11.6 Å². The van der Waals surface area contributed by atoms with E-state index in [1.807, 2.05) is 12.1 Å². The van der Waals surface area contributed by atoms with Crippen LogP contribution in [0, 0.1) is 0 Å². The summed E-state index contributed by atoms with van der Waals surface area (Å²) >= 11 is 1.12. The Morgan fingerprint density at radius 3 is 2.74 bits per heavy atom. The Hall–Kier alpha value is -3.65. The number of nitrogens with one attached hydrogen (secondary N) is 1. The summed E-state index contributed by atoms with van der Waals surface area (Å²) in [6.45, 7) is 0.254. The van der Waals surface area contributed by atoms with Crippen molar-refractivity contribution in [3.8, 4) is 28.8 Å². The minimum absolute atomic E-state index is 0.254. The van der Waals surface area contributed by atoms with E-state index in [1.54, 1.807) is 7.11 Å². The van der Waals surface area contributed by atoms with Crippen LogP contribution in [0.5, 0.6) is 17.4 Å². The van der Waals surface area contributed by atoms with Crippen LogP contribution in [-0.2, 0) is 11.8 Å². The molecular weight excluding hydrogens is 412 g/mol. The number of nitrogens with zero attached hydrogens (tertiary/aromatic N) is 3. The van der Waals surface area contributed by atoms with Gasteiger partial charge >= 0.3 is 0 Å². The van der Waals surface area contributed by atoms with Crippen molar-refractivity contribution in [2.45, 2.75) is 11.8 Å². The number of allylic oxidation sites excluding steroid dienone is 1. The van der Waals surface area contributed by atoms with Gasteiger partial charge in [0.15, 0.2) is 17.2 Å². The van der Waals surface area contributed by atoms with E-state index in [0.717, 1.165) is 52.2 Å². The van der Waals surface area contributed by atoms with Gasteiger partial charge in [0.1, 0.15) is 5.69 Å². The lowest BCUT2D eigenvalue weighted by molar-refractivity contribution is 0.174. The molecule has 1 unspecified atom stereocenters. The lowest BCUT2D eigenvalue weighted by atomic mass is 9.68. The molecule has 1 aliphatic heterocycles. The van der Waals surface area contributed by atoms with Crippen molar-refractivity contribution in [2.75, 3.05) is 13.9 Å². The first-order valence-electron chi connectivity index (χ1n) is 9.87. The fourth-order valence-corrected chi connectivity index (χ4v) is 4.90. The van der Waals surface area contributed by atoms with Gasteiger partial charge in [0, 0.05) is 23.1 Å². The molecule has 7 nitrogen and oxygen atoms in total. The molecule has 0 amide bonds. The Kier molecular flexibility index (Phi) is 4.07. The molecule has 1 atom stereocenters. The molecule has 154 valence electrons. The van der Waals surface area contributed by atoms with Crippen LogP contribution < -0.4 is 14.2 Å². The van der Waals surface area contributed by atoms with E-state index >= 15 is 0 Å². The third-order valence-electron chi connectivity index (χ3n) is 5.93. The summed E-state index contributed by atoms with van der Waals surface area (Å²) in [5, 5.41) is 7.80. The second-order valence-corrected chi connectivity index (χ2v) is 8.03. The van der Waals surface area contributed by atoms with Crippen molar-refractivity contribution < 1.29 is 14.2 Å². The van der Waals surface area contributed by atoms with E-state index in [-0.39, 0.29) is 12.2 Å². The zero-order valence-electron chi connectivity index (χ0n) is 16.7. The van der Waals surface area contributed by atoms with Crippen LogP contribution in [0.15, 0.2) is 54.6 Å². The summed E-state index contributed by atoms with van der Waals surface area (Å²) < 4.78 is 25.1. The smallest absolute Gasteiger partial charge is 0.255 e. The quantitative estimate of drug-likeness (QED) is 0.522. The van der Waals surface area contributed by atoms with Gasteiger partial charge in [-0.2, -0.15) is 9.47 Å². The Labute approximate surface area is 182 Å². The molecule has 0 spiro atoms. The van der Waals surface area contributed by atoms with Gasteiger partial charge in [-0.05, 0) is 23.3 Å². The number of methoxy groups -OCH3 is 1. The van der Waals surface area contributed by atoms with Gasteiger partial charge < -0.3 is 14.2 Å². The lowest BCUT2D eigenvalue weighted by Crippen LogP contribution is -2.30. The molecular formula is C23H18N4O3S. The fraction of sp³-hybridized carbons (Fsp3) is 0.174. The van der Waals surface area contributed by atoms with Crippen LogP contribution in [0.3, 0.4) is 0 Å². The molecule has 0 fully saturated rings. The summed E-state index contributed by atoms with van der Waals surface area (Å²) in [4.78, 5) is 0. The van der Waals surface area contributed by atoms with Crippen molar-refractivity contribution in [1.82, 2.24) is 18.9 Å². The number of rotatable bonds is 4. The average Bonchev–Trinajstić information content (AvgIpc) is 3.57. The molecule has 3 heterocycles. The Morgan fingerprint density at radius 1 is 1.00 bits per heavy atom. The number of hydrogen-bond acceptors (Lipinski definition) is 7. The minimum Gasteiger partial charge on any atom is -0.479 e. The maximum Gasteiger partial charge on any atom is 0.255 e. The normalized spacial score (nSPS) is 18.7. The first-order valence-corrected chi connectivity index (χ1v) is 10.6. The third kappa shape index (κ3) is 2.75. The van der Waals surface area contributed by atoms with E-state index in [1.165, 1.54) is 5.56 Å². The lowest BCUT2D eigenvalue weighted by Gasteiger charge is -2.34. The van der Waals surface area contributed by atoms with Crippen LogP contribution in [0.1, 0.15) is 22.4 Å². The summed E-state index contributed by atoms with van der Waals surface area (Å²) in [6, 6.07) is 16.7. The molecule has 8 heteroatoms. The van der Waals surface area contributed by atoms with Crippen molar-refractivity contribution in [2.24, 2.45) is 0 Å². The average molecular weight is 430 g/mol. The number of fused-ring (bicyclic) bond motifs is 2. The van der Waals surface area contributed by atoms with Crippen molar-refractivity contribution in [3.63, 3.8) is 0 Å². The highest BCUT2D eigenvalue weighted by Gasteiger charge is 2.38. The van der Waals surface area contributed by atoms with Gasteiger partial charge in [0.2, 0.25) is 6.79 Å². The molecule has 4 aromatic rings. The molecule has 0 saturated heterocycles. The SMILES string of the molecule is COc1nsnc1-c1n[nH]c2c1C=CC(c1ccccc1)(c1ccc3c(c1)OCO3)C2. The Balaban J connectivity index is 1.50. The molecule has 2 aromatic heterocycles. The first-order chi connectivity index (χ1) is 15.3. The third-order valence-corrected chi connectivity index (χ3v) is 6.44. The zero-order chi connectivity index (χ0) is 20.8. The number of H-pyrrole nitrogens is 1. The predicted molar refractivity (Wildman–Crippen MR) is 117 cm³/mol. The molecule has 6 rings (SSSR count). The number of hydrogen-bond donors (Lipinski definition) is 1. The molecule has 0 saturated carbocycles. The Bertz CT molecular complexity index is 1300. The van der Waals surface area contributed by atoms with Crippen molar-refractivity contribution in [1.29, 1.82) is 0 Å².